The van der Waals surface area contributed by atoms with E-state index in [1.54, 1.807) is 0 Å². The predicted octanol–water partition coefficient (Wildman–Crippen LogP) is 1.29. The van der Waals surface area contributed by atoms with E-state index in [1.807, 2.05) is 4.90 Å². The normalized spacial score (nSPS) is 21.4. The van der Waals surface area contributed by atoms with E-state index < -0.39 is 5.51 Å². The Morgan fingerprint density at radius 1 is 1.35 bits per heavy atom. The zero-order valence-electron chi connectivity index (χ0n) is 9.67. The molecule has 1 fully saturated rings. The number of hydrogen-bond donors (Lipinski definition) is 2. The third-order valence-electron chi connectivity index (χ3n) is 2.73. The summed E-state index contributed by atoms with van der Waals surface area (Å²) in [5, 5.41) is 12.2. The highest BCUT2D eigenvalue weighted by molar-refractivity contribution is 8.00. The van der Waals surface area contributed by atoms with Gasteiger partial charge in [-0.2, -0.15) is 13.2 Å². The third-order valence-corrected chi connectivity index (χ3v) is 3.44. The standard InChI is InChI=1S/C10H19F3N2OS/c11-10(12,13)17-7-5-15(4-6-16)8-9-2-1-3-14-9/h9,14,16H,1-8H2. The molecule has 1 saturated heterocycles. The Bertz CT molecular complexity index is 210. The molecule has 1 heterocycles. The fourth-order valence-electron chi connectivity index (χ4n) is 1.95. The van der Waals surface area contributed by atoms with Gasteiger partial charge in [-0.25, -0.2) is 0 Å². The van der Waals surface area contributed by atoms with Crippen LogP contribution in [-0.4, -0.2) is 60.1 Å². The van der Waals surface area contributed by atoms with Gasteiger partial charge in [0, 0.05) is 31.4 Å². The molecule has 0 aromatic carbocycles. The van der Waals surface area contributed by atoms with E-state index in [0.717, 1.165) is 25.9 Å². The van der Waals surface area contributed by atoms with Crippen molar-refractivity contribution in [3.63, 3.8) is 0 Å². The number of alkyl halides is 3. The smallest absolute Gasteiger partial charge is 0.395 e. The lowest BCUT2D eigenvalue weighted by Gasteiger charge is -2.24. The van der Waals surface area contributed by atoms with Gasteiger partial charge in [-0.05, 0) is 31.1 Å². The average Bonchev–Trinajstić information content (AvgIpc) is 2.68. The molecule has 0 saturated carbocycles. The molecule has 0 amide bonds. The molecule has 102 valence electrons. The van der Waals surface area contributed by atoms with Crippen LogP contribution >= 0.6 is 11.8 Å². The average molecular weight is 272 g/mol. The molecule has 1 rings (SSSR count). The Morgan fingerprint density at radius 2 is 2.12 bits per heavy atom. The van der Waals surface area contributed by atoms with Crippen molar-refractivity contribution in [3.8, 4) is 0 Å². The van der Waals surface area contributed by atoms with E-state index in [2.05, 4.69) is 5.32 Å². The largest absolute Gasteiger partial charge is 0.441 e. The Kier molecular flexibility index (Phi) is 6.61. The predicted molar refractivity (Wildman–Crippen MR) is 63.1 cm³/mol. The first-order valence-electron chi connectivity index (χ1n) is 5.78. The van der Waals surface area contributed by atoms with Crippen LogP contribution in [0.1, 0.15) is 12.8 Å². The zero-order valence-corrected chi connectivity index (χ0v) is 10.5. The van der Waals surface area contributed by atoms with E-state index in [1.165, 1.54) is 0 Å². The monoisotopic (exact) mass is 272 g/mol. The van der Waals surface area contributed by atoms with Gasteiger partial charge in [0.1, 0.15) is 0 Å². The molecule has 3 nitrogen and oxygen atoms in total. The molecule has 2 N–H and O–H groups in total. The highest BCUT2D eigenvalue weighted by Crippen LogP contribution is 2.29. The number of aliphatic hydroxyl groups excluding tert-OH is 1. The third kappa shape index (κ3) is 7.13. The Morgan fingerprint density at radius 3 is 2.65 bits per heavy atom. The number of nitrogens with one attached hydrogen (secondary N) is 1. The summed E-state index contributed by atoms with van der Waals surface area (Å²) in [6.07, 6.45) is 2.18. The van der Waals surface area contributed by atoms with Crippen molar-refractivity contribution in [1.29, 1.82) is 0 Å². The van der Waals surface area contributed by atoms with Gasteiger partial charge in [0.25, 0.3) is 0 Å². The first-order valence-corrected chi connectivity index (χ1v) is 6.77. The minimum Gasteiger partial charge on any atom is -0.395 e. The lowest BCUT2D eigenvalue weighted by molar-refractivity contribution is -0.0328. The van der Waals surface area contributed by atoms with Crippen molar-refractivity contribution in [1.82, 2.24) is 10.2 Å². The molecule has 7 heteroatoms. The van der Waals surface area contributed by atoms with Gasteiger partial charge >= 0.3 is 5.51 Å². The SMILES string of the molecule is OCCN(CCSC(F)(F)F)CC1CCCN1. The second-order valence-electron chi connectivity index (χ2n) is 4.11. The topological polar surface area (TPSA) is 35.5 Å². The van der Waals surface area contributed by atoms with Crippen molar-refractivity contribution < 1.29 is 18.3 Å². The Balaban J connectivity index is 2.22. The summed E-state index contributed by atoms with van der Waals surface area (Å²) in [7, 11) is 0. The van der Waals surface area contributed by atoms with Crippen molar-refractivity contribution in [2.45, 2.75) is 24.4 Å². The summed E-state index contributed by atoms with van der Waals surface area (Å²) in [6, 6.07) is 0.359. The number of hydrogen-bond acceptors (Lipinski definition) is 4. The molecule has 1 unspecified atom stereocenters. The first kappa shape index (κ1) is 15.1. The van der Waals surface area contributed by atoms with Crippen LogP contribution in [0, 0.1) is 0 Å². The van der Waals surface area contributed by atoms with Crippen LogP contribution in [0.4, 0.5) is 13.2 Å². The molecular weight excluding hydrogens is 253 g/mol. The van der Waals surface area contributed by atoms with Crippen LogP contribution in [0.15, 0.2) is 0 Å². The molecule has 0 aliphatic carbocycles. The van der Waals surface area contributed by atoms with Crippen molar-refractivity contribution in [3.05, 3.63) is 0 Å². The molecule has 1 aliphatic rings. The van der Waals surface area contributed by atoms with Crippen LogP contribution in [0.2, 0.25) is 0 Å². The number of nitrogens with zero attached hydrogens (tertiary/aromatic N) is 1. The maximum atomic E-state index is 12.0. The maximum absolute atomic E-state index is 12.0. The van der Waals surface area contributed by atoms with E-state index >= 15 is 0 Å². The van der Waals surface area contributed by atoms with Gasteiger partial charge in [0.05, 0.1) is 6.61 Å². The number of rotatable bonds is 7. The van der Waals surface area contributed by atoms with Crippen LogP contribution in [0.5, 0.6) is 0 Å². The van der Waals surface area contributed by atoms with Crippen molar-refractivity contribution in [2.24, 2.45) is 0 Å². The van der Waals surface area contributed by atoms with Gasteiger partial charge in [-0.15, -0.1) is 0 Å². The van der Waals surface area contributed by atoms with Gasteiger partial charge in [-0.3, -0.25) is 4.90 Å². The summed E-state index contributed by atoms with van der Waals surface area (Å²) < 4.78 is 35.9. The molecule has 0 radical (unpaired) electrons. The Hall–Kier alpha value is 0.0200. The van der Waals surface area contributed by atoms with Gasteiger partial charge in [0.2, 0.25) is 0 Å². The number of thioether (sulfide) groups is 1. The van der Waals surface area contributed by atoms with Crippen LogP contribution in [0.3, 0.4) is 0 Å². The number of halogens is 3. The number of aliphatic hydroxyl groups is 1. The molecule has 17 heavy (non-hydrogen) atoms. The van der Waals surface area contributed by atoms with Gasteiger partial charge in [0.15, 0.2) is 0 Å². The lowest BCUT2D eigenvalue weighted by atomic mass is 10.2. The second kappa shape index (κ2) is 7.45. The lowest BCUT2D eigenvalue weighted by Crippen LogP contribution is -2.40. The summed E-state index contributed by atoms with van der Waals surface area (Å²) in [5.74, 6) is 0.0240. The first-order chi connectivity index (χ1) is 8.01. The molecule has 0 aromatic heterocycles. The summed E-state index contributed by atoms with van der Waals surface area (Å²) in [6.45, 7) is 2.50. The van der Waals surface area contributed by atoms with Crippen LogP contribution < -0.4 is 5.32 Å². The molecule has 0 spiro atoms. The quantitative estimate of drug-likeness (QED) is 0.732. The minimum absolute atomic E-state index is 0.00196. The Labute approximate surface area is 104 Å². The minimum atomic E-state index is -4.16. The molecule has 0 bridgehead atoms. The zero-order chi connectivity index (χ0) is 12.7. The second-order valence-corrected chi connectivity index (χ2v) is 5.27. The fraction of sp³-hybridized carbons (Fsp3) is 1.00. The summed E-state index contributed by atoms with van der Waals surface area (Å²) in [5.41, 5.74) is -4.16. The van der Waals surface area contributed by atoms with E-state index in [0.29, 0.717) is 19.1 Å². The molecule has 1 atom stereocenters. The summed E-state index contributed by atoms with van der Waals surface area (Å²) in [4.78, 5) is 1.89. The van der Waals surface area contributed by atoms with Crippen LogP contribution in [0.25, 0.3) is 0 Å². The molecular formula is C10H19F3N2OS. The van der Waals surface area contributed by atoms with E-state index in [-0.39, 0.29) is 24.1 Å². The molecule has 1 aliphatic heterocycles. The highest BCUT2D eigenvalue weighted by atomic mass is 32.2. The maximum Gasteiger partial charge on any atom is 0.441 e. The van der Waals surface area contributed by atoms with Crippen molar-refractivity contribution >= 4 is 11.8 Å². The summed E-state index contributed by atoms with van der Waals surface area (Å²) >= 11 is 0.00196. The van der Waals surface area contributed by atoms with E-state index in [9.17, 15) is 13.2 Å². The fourth-order valence-corrected chi connectivity index (χ4v) is 2.53. The van der Waals surface area contributed by atoms with Gasteiger partial charge in [-0.1, -0.05) is 0 Å². The van der Waals surface area contributed by atoms with Crippen molar-refractivity contribution in [2.75, 3.05) is 38.5 Å². The highest BCUT2D eigenvalue weighted by Gasteiger charge is 2.28. The van der Waals surface area contributed by atoms with Crippen LogP contribution in [-0.2, 0) is 0 Å². The van der Waals surface area contributed by atoms with E-state index in [4.69, 9.17) is 5.11 Å². The molecule has 0 aromatic rings. The van der Waals surface area contributed by atoms with Gasteiger partial charge < -0.3 is 10.4 Å².